The standard InChI is InChI=1S/C15H16F8O5/c1-7(2)10(25)26-8-5-11(3,4)28-14(13(8,19)20,15(21,22)23)27-9(24)6-12(16,17)18/h8H,1,5-6H2,2-4H3. The fourth-order valence-electron chi connectivity index (χ4n) is 2.38. The molecule has 1 fully saturated rings. The van der Waals surface area contributed by atoms with Gasteiger partial charge in [-0.25, -0.2) is 4.79 Å². The maximum absolute atomic E-state index is 14.7. The van der Waals surface area contributed by atoms with Crippen molar-refractivity contribution in [2.75, 3.05) is 0 Å². The van der Waals surface area contributed by atoms with E-state index >= 15 is 0 Å². The number of carbonyl (C=O) groups is 2. The van der Waals surface area contributed by atoms with Crippen molar-refractivity contribution < 1.29 is 58.9 Å². The average molecular weight is 428 g/mol. The third-order valence-electron chi connectivity index (χ3n) is 3.51. The zero-order valence-electron chi connectivity index (χ0n) is 14.8. The molecule has 5 nitrogen and oxygen atoms in total. The number of carbonyl (C=O) groups excluding carboxylic acids is 2. The first kappa shape index (κ1) is 24.1. The number of rotatable bonds is 4. The minimum Gasteiger partial charge on any atom is -0.452 e. The highest BCUT2D eigenvalue weighted by Crippen LogP contribution is 2.55. The Morgan fingerprint density at radius 1 is 1.14 bits per heavy atom. The summed E-state index contributed by atoms with van der Waals surface area (Å²) >= 11 is 0. The van der Waals surface area contributed by atoms with Crippen molar-refractivity contribution in [1.29, 1.82) is 0 Å². The van der Waals surface area contributed by atoms with Crippen LogP contribution in [0.1, 0.15) is 33.6 Å². The smallest absolute Gasteiger partial charge is 0.452 e. The van der Waals surface area contributed by atoms with E-state index in [0.717, 1.165) is 20.8 Å². The van der Waals surface area contributed by atoms with Crippen molar-refractivity contribution in [2.24, 2.45) is 0 Å². The van der Waals surface area contributed by atoms with Crippen LogP contribution in [0.25, 0.3) is 0 Å². The zero-order chi connectivity index (χ0) is 22.3. The highest BCUT2D eigenvalue weighted by molar-refractivity contribution is 5.87. The van der Waals surface area contributed by atoms with Crippen molar-refractivity contribution in [3.8, 4) is 0 Å². The van der Waals surface area contributed by atoms with Crippen molar-refractivity contribution in [1.82, 2.24) is 0 Å². The van der Waals surface area contributed by atoms with Gasteiger partial charge in [-0.15, -0.1) is 0 Å². The molecule has 0 radical (unpaired) electrons. The van der Waals surface area contributed by atoms with Gasteiger partial charge < -0.3 is 14.2 Å². The molecule has 0 aliphatic carbocycles. The average Bonchev–Trinajstić information content (AvgIpc) is 2.40. The fraction of sp³-hybridized carbons (Fsp3) is 0.733. The molecular formula is C15H16F8O5. The molecule has 0 bridgehead atoms. The number of ether oxygens (including phenoxy) is 3. The largest absolute Gasteiger partial charge is 0.462 e. The van der Waals surface area contributed by atoms with E-state index < -0.39 is 66.1 Å². The second-order valence-corrected chi connectivity index (χ2v) is 6.74. The second kappa shape index (κ2) is 7.16. The van der Waals surface area contributed by atoms with E-state index in [2.05, 4.69) is 20.8 Å². The molecule has 2 unspecified atom stereocenters. The summed E-state index contributed by atoms with van der Waals surface area (Å²) in [7, 11) is 0. The lowest BCUT2D eigenvalue weighted by atomic mass is 9.86. The summed E-state index contributed by atoms with van der Waals surface area (Å²) in [5.74, 6) is -14.5. The maximum Gasteiger partial charge on any atom is 0.462 e. The van der Waals surface area contributed by atoms with Gasteiger partial charge in [-0.3, -0.25) is 4.79 Å². The summed E-state index contributed by atoms with van der Waals surface area (Å²) in [5.41, 5.74) is -2.55. The molecular weight excluding hydrogens is 412 g/mol. The Morgan fingerprint density at radius 2 is 1.64 bits per heavy atom. The molecule has 0 N–H and O–H groups in total. The Hall–Kier alpha value is -1.92. The quantitative estimate of drug-likeness (QED) is 0.384. The topological polar surface area (TPSA) is 61.8 Å². The summed E-state index contributed by atoms with van der Waals surface area (Å²) < 4.78 is 119. The molecule has 1 heterocycles. The highest BCUT2D eigenvalue weighted by Gasteiger charge is 2.81. The summed E-state index contributed by atoms with van der Waals surface area (Å²) in [6.45, 7) is 5.88. The maximum atomic E-state index is 14.7. The molecule has 0 amide bonds. The van der Waals surface area contributed by atoms with Crippen LogP contribution in [-0.2, 0) is 23.8 Å². The van der Waals surface area contributed by atoms with Gasteiger partial charge in [-0.1, -0.05) is 6.58 Å². The van der Waals surface area contributed by atoms with Gasteiger partial charge in [0.1, 0.15) is 6.42 Å². The zero-order valence-corrected chi connectivity index (χ0v) is 14.8. The second-order valence-electron chi connectivity index (χ2n) is 6.74. The van der Waals surface area contributed by atoms with Crippen LogP contribution in [0.5, 0.6) is 0 Å². The Labute approximate surface area is 153 Å². The molecule has 0 spiro atoms. The highest BCUT2D eigenvalue weighted by atomic mass is 19.4. The van der Waals surface area contributed by atoms with E-state index in [0.29, 0.717) is 0 Å². The van der Waals surface area contributed by atoms with Crippen LogP contribution in [0, 0.1) is 0 Å². The van der Waals surface area contributed by atoms with Crippen LogP contribution in [0.4, 0.5) is 35.1 Å². The summed E-state index contributed by atoms with van der Waals surface area (Å²) in [4.78, 5) is 22.9. The minimum absolute atomic E-state index is 0.424. The molecule has 0 saturated carbocycles. The molecule has 2 atom stereocenters. The SMILES string of the molecule is C=C(C)C(=O)OC1CC(C)(C)OC(OC(=O)CC(F)(F)F)(C(F)(F)F)C1(F)F. The predicted molar refractivity (Wildman–Crippen MR) is 75.0 cm³/mol. The molecule has 0 aromatic rings. The number of hydrogen-bond acceptors (Lipinski definition) is 5. The lowest BCUT2D eigenvalue weighted by Gasteiger charge is -2.51. The van der Waals surface area contributed by atoms with Crippen molar-refractivity contribution in [2.45, 2.75) is 69.4 Å². The Bertz CT molecular complexity index is 652. The van der Waals surface area contributed by atoms with Gasteiger partial charge >= 0.3 is 36.0 Å². The molecule has 1 rings (SSSR count). The van der Waals surface area contributed by atoms with E-state index in [1.807, 2.05) is 0 Å². The minimum atomic E-state index is -6.18. The number of halogens is 8. The summed E-state index contributed by atoms with van der Waals surface area (Å²) in [6.07, 6.45) is -17.9. The van der Waals surface area contributed by atoms with Crippen LogP contribution < -0.4 is 0 Å². The molecule has 0 aromatic carbocycles. The van der Waals surface area contributed by atoms with E-state index in [1.165, 1.54) is 0 Å². The lowest BCUT2D eigenvalue weighted by molar-refractivity contribution is -0.477. The van der Waals surface area contributed by atoms with Crippen molar-refractivity contribution >= 4 is 11.9 Å². The first-order valence-corrected chi connectivity index (χ1v) is 7.54. The van der Waals surface area contributed by atoms with Gasteiger partial charge in [-0.05, 0) is 20.8 Å². The molecule has 162 valence electrons. The number of hydrogen-bond donors (Lipinski definition) is 0. The van der Waals surface area contributed by atoms with Crippen LogP contribution in [0.2, 0.25) is 0 Å². The normalized spacial score (nSPS) is 27.0. The third kappa shape index (κ3) is 4.92. The van der Waals surface area contributed by atoms with Gasteiger partial charge in [0.15, 0.2) is 6.10 Å². The van der Waals surface area contributed by atoms with Crippen LogP contribution in [0.15, 0.2) is 12.2 Å². The van der Waals surface area contributed by atoms with Gasteiger partial charge in [0, 0.05) is 12.0 Å². The van der Waals surface area contributed by atoms with Gasteiger partial charge in [-0.2, -0.15) is 35.1 Å². The van der Waals surface area contributed by atoms with Gasteiger partial charge in [0.05, 0.1) is 5.60 Å². The van der Waals surface area contributed by atoms with Crippen molar-refractivity contribution in [3.05, 3.63) is 12.2 Å². The molecule has 13 heteroatoms. The molecule has 0 aromatic heterocycles. The predicted octanol–water partition coefficient (Wildman–Crippen LogP) is 4.06. The van der Waals surface area contributed by atoms with E-state index in [4.69, 9.17) is 0 Å². The first-order valence-electron chi connectivity index (χ1n) is 7.54. The monoisotopic (exact) mass is 428 g/mol. The molecule has 1 saturated heterocycles. The molecule has 28 heavy (non-hydrogen) atoms. The van der Waals surface area contributed by atoms with E-state index in [-0.39, 0.29) is 0 Å². The third-order valence-corrected chi connectivity index (χ3v) is 3.51. The molecule has 1 aliphatic heterocycles. The summed E-state index contributed by atoms with van der Waals surface area (Å²) in [5, 5.41) is 0. The van der Waals surface area contributed by atoms with Crippen LogP contribution in [-0.4, -0.2) is 47.7 Å². The Kier molecular flexibility index (Phi) is 6.16. The Morgan fingerprint density at radius 3 is 2.04 bits per heavy atom. The van der Waals surface area contributed by atoms with Gasteiger partial charge in [0.25, 0.3) is 0 Å². The van der Waals surface area contributed by atoms with Crippen molar-refractivity contribution in [3.63, 3.8) is 0 Å². The number of alkyl halides is 8. The number of esters is 2. The van der Waals surface area contributed by atoms with E-state index in [9.17, 15) is 44.7 Å². The molecule has 1 aliphatic rings. The first-order chi connectivity index (χ1) is 12.2. The van der Waals surface area contributed by atoms with Gasteiger partial charge in [0.2, 0.25) is 0 Å². The lowest BCUT2D eigenvalue weighted by Crippen LogP contribution is -2.73. The van der Waals surface area contributed by atoms with Crippen LogP contribution >= 0.6 is 0 Å². The Balaban J connectivity index is 3.47. The van der Waals surface area contributed by atoms with E-state index in [1.54, 1.807) is 0 Å². The fourth-order valence-corrected chi connectivity index (χ4v) is 2.38. The summed E-state index contributed by atoms with van der Waals surface area (Å²) in [6, 6.07) is 0. The van der Waals surface area contributed by atoms with Crippen LogP contribution in [0.3, 0.4) is 0 Å².